The fourth-order valence-electron chi connectivity index (χ4n) is 1.19. The minimum Gasteiger partial charge on any atom is -0.337 e. The number of aromatic amines is 1. The Morgan fingerprint density at radius 3 is 2.46 bits per heavy atom. The first kappa shape index (κ1) is 9.12. The maximum absolute atomic E-state index is 5.05. The van der Waals surface area contributed by atoms with Gasteiger partial charge in [-0.1, -0.05) is 0 Å². The van der Waals surface area contributed by atoms with Gasteiger partial charge in [-0.25, -0.2) is 0 Å². The van der Waals surface area contributed by atoms with Crippen LogP contribution in [0.4, 0.5) is 0 Å². The summed E-state index contributed by atoms with van der Waals surface area (Å²) in [6, 6.07) is 0. The van der Waals surface area contributed by atoms with Gasteiger partial charge in [0.15, 0.2) is 3.95 Å². The van der Waals surface area contributed by atoms with Gasteiger partial charge in [-0.05, 0) is 31.6 Å². The zero-order valence-electron chi connectivity index (χ0n) is 7.38. The van der Waals surface area contributed by atoms with E-state index in [2.05, 4.69) is 29.6 Å². The Labute approximate surface area is 90.1 Å². The molecule has 0 atom stereocenters. The van der Waals surface area contributed by atoms with Gasteiger partial charge in [0, 0.05) is 21.2 Å². The van der Waals surface area contributed by atoms with E-state index >= 15 is 0 Å². The van der Waals surface area contributed by atoms with Crippen LogP contribution in [-0.4, -0.2) is 4.98 Å². The summed E-state index contributed by atoms with van der Waals surface area (Å²) < 4.78 is 0.846. The van der Waals surface area contributed by atoms with Gasteiger partial charge in [-0.3, -0.25) is 0 Å². The minimum atomic E-state index is 0.846. The van der Waals surface area contributed by atoms with Crippen molar-refractivity contribution in [2.24, 2.45) is 0 Å². The van der Waals surface area contributed by atoms with Crippen LogP contribution < -0.4 is 0 Å². The van der Waals surface area contributed by atoms with E-state index < -0.39 is 0 Å². The SMILES string of the molecule is Cc1scc(-c2csc(=S)[nH]2)c1C. The average molecular weight is 227 g/mol. The molecule has 0 bridgehead atoms. The highest BCUT2D eigenvalue weighted by atomic mass is 32.1. The molecule has 0 spiro atoms. The van der Waals surface area contributed by atoms with Gasteiger partial charge in [-0.15, -0.1) is 22.7 Å². The number of aryl methyl sites for hydroxylation is 1. The molecule has 2 heterocycles. The van der Waals surface area contributed by atoms with Gasteiger partial charge in [0.1, 0.15) is 0 Å². The van der Waals surface area contributed by atoms with Gasteiger partial charge < -0.3 is 4.98 Å². The van der Waals surface area contributed by atoms with E-state index in [1.807, 2.05) is 0 Å². The standard InChI is InChI=1S/C9H9NS3/c1-5-6(2)12-3-7(5)8-4-13-9(11)10-8/h3-4H,1-2H3,(H,10,11). The van der Waals surface area contributed by atoms with E-state index in [9.17, 15) is 0 Å². The van der Waals surface area contributed by atoms with Crippen molar-refractivity contribution >= 4 is 34.9 Å². The van der Waals surface area contributed by atoms with E-state index in [0.717, 1.165) is 9.65 Å². The van der Waals surface area contributed by atoms with Crippen molar-refractivity contribution < 1.29 is 0 Å². The van der Waals surface area contributed by atoms with Crippen molar-refractivity contribution in [3.8, 4) is 11.3 Å². The Kier molecular flexibility index (Phi) is 2.36. The highest BCUT2D eigenvalue weighted by molar-refractivity contribution is 7.73. The number of thiazole rings is 1. The molecule has 68 valence electrons. The molecule has 0 amide bonds. The molecule has 0 aromatic carbocycles. The molecule has 13 heavy (non-hydrogen) atoms. The summed E-state index contributed by atoms with van der Waals surface area (Å²) in [6.45, 7) is 4.29. The number of nitrogens with one attached hydrogen (secondary N) is 1. The Morgan fingerprint density at radius 2 is 2.00 bits per heavy atom. The molecule has 1 N–H and O–H groups in total. The zero-order valence-corrected chi connectivity index (χ0v) is 9.83. The first-order valence-electron chi connectivity index (χ1n) is 3.91. The molecule has 0 radical (unpaired) electrons. The summed E-state index contributed by atoms with van der Waals surface area (Å²) in [6.07, 6.45) is 0. The second kappa shape index (κ2) is 3.36. The Balaban J connectivity index is 2.58. The van der Waals surface area contributed by atoms with Crippen LogP contribution in [0.1, 0.15) is 10.4 Å². The normalized spacial score (nSPS) is 10.6. The van der Waals surface area contributed by atoms with E-state index in [1.54, 1.807) is 22.7 Å². The van der Waals surface area contributed by atoms with Crippen molar-refractivity contribution in [1.82, 2.24) is 4.98 Å². The van der Waals surface area contributed by atoms with Crippen LogP contribution in [-0.2, 0) is 0 Å². The second-order valence-electron chi connectivity index (χ2n) is 2.89. The molecule has 4 heteroatoms. The molecular weight excluding hydrogens is 218 g/mol. The molecule has 1 nitrogen and oxygen atoms in total. The van der Waals surface area contributed by atoms with Gasteiger partial charge >= 0.3 is 0 Å². The van der Waals surface area contributed by atoms with Crippen LogP contribution in [0.25, 0.3) is 11.3 Å². The van der Waals surface area contributed by atoms with Crippen LogP contribution in [0.2, 0.25) is 0 Å². The first-order chi connectivity index (χ1) is 6.18. The number of hydrogen-bond acceptors (Lipinski definition) is 3. The van der Waals surface area contributed by atoms with Gasteiger partial charge in [0.05, 0.1) is 5.69 Å². The third-order valence-corrected chi connectivity index (χ3v) is 4.17. The number of H-pyrrole nitrogens is 1. The minimum absolute atomic E-state index is 0.846. The molecule has 0 aliphatic carbocycles. The second-order valence-corrected chi connectivity index (χ2v) is 5.52. The lowest BCUT2D eigenvalue weighted by Crippen LogP contribution is -1.77. The third kappa shape index (κ3) is 1.61. The Bertz CT molecular complexity index is 475. The lowest BCUT2D eigenvalue weighted by molar-refractivity contribution is 1.36. The molecule has 0 aliphatic rings. The van der Waals surface area contributed by atoms with Crippen LogP contribution in [0.15, 0.2) is 10.8 Å². The molecule has 0 aliphatic heterocycles. The Hall–Kier alpha value is -0.450. The Morgan fingerprint density at radius 1 is 1.23 bits per heavy atom. The van der Waals surface area contributed by atoms with Crippen LogP contribution in [0.5, 0.6) is 0 Å². The van der Waals surface area contributed by atoms with Crippen LogP contribution in [0.3, 0.4) is 0 Å². The fourth-order valence-corrected chi connectivity index (χ4v) is 2.91. The maximum atomic E-state index is 5.05. The van der Waals surface area contributed by atoms with Gasteiger partial charge in [0.2, 0.25) is 0 Å². The van der Waals surface area contributed by atoms with Crippen molar-refractivity contribution in [2.75, 3.05) is 0 Å². The lowest BCUT2D eigenvalue weighted by atomic mass is 10.1. The maximum Gasteiger partial charge on any atom is 0.158 e. The highest BCUT2D eigenvalue weighted by Gasteiger charge is 2.06. The molecular formula is C9H9NS3. The summed E-state index contributed by atoms with van der Waals surface area (Å²) in [5, 5.41) is 4.26. The first-order valence-corrected chi connectivity index (χ1v) is 6.08. The largest absolute Gasteiger partial charge is 0.337 e. The molecule has 0 fully saturated rings. The summed E-state index contributed by atoms with van der Waals surface area (Å²) in [4.78, 5) is 4.56. The monoisotopic (exact) mass is 227 g/mol. The van der Waals surface area contributed by atoms with E-state index in [4.69, 9.17) is 12.2 Å². The van der Waals surface area contributed by atoms with Crippen molar-refractivity contribution in [2.45, 2.75) is 13.8 Å². The van der Waals surface area contributed by atoms with E-state index in [1.165, 1.54) is 16.0 Å². The van der Waals surface area contributed by atoms with E-state index in [0.29, 0.717) is 0 Å². The molecule has 0 saturated carbocycles. The van der Waals surface area contributed by atoms with Crippen molar-refractivity contribution in [3.05, 3.63) is 25.2 Å². The molecule has 2 aromatic heterocycles. The molecule has 0 saturated heterocycles. The summed E-state index contributed by atoms with van der Waals surface area (Å²) >= 11 is 8.42. The van der Waals surface area contributed by atoms with Crippen molar-refractivity contribution in [1.29, 1.82) is 0 Å². The number of thiophene rings is 1. The number of rotatable bonds is 1. The number of hydrogen-bond donors (Lipinski definition) is 1. The molecule has 2 aromatic rings. The van der Waals surface area contributed by atoms with Crippen molar-refractivity contribution in [3.63, 3.8) is 0 Å². The average Bonchev–Trinajstić information content (AvgIpc) is 2.62. The van der Waals surface area contributed by atoms with Gasteiger partial charge in [-0.2, -0.15) is 0 Å². The predicted octanol–water partition coefficient (Wildman–Crippen LogP) is 4.15. The predicted molar refractivity (Wildman–Crippen MR) is 62.3 cm³/mol. The summed E-state index contributed by atoms with van der Waals surface area (Å²) in [5.41, 5.74) is 3.79. The quantitative estimate of drug-likeness (QED) is 0.724. The van der Waals surface area contributed by atoms with Crippen LogP contribution in [0, 0.1) is 17.8 Å². The zero-order chi connectivity index (χ0) is 9.42. The topological polar surface area (TPSA) is 15.8 Å². The highest BCUT2D eigenvalue weighted by Crippen LogP contribution is 2.30. The van der Waals surface area contributed by atoms with E-state index in [-0.39, 0.29) is 0 Å². The number of aromatic nitrogens is 1. The summed E-state index contributed by atoms with van der Waals surface area (Å²) in [7, 11) is 0. The summed E-state index contributed by atoms with van der Waals surface area (Å²) in [5.74, 6) is 0. The molecule has 2 rings (SSSR count). The molecule has 0 unspecified atom stereocenters. The lowest BCUT2D eigenvalue weighted by Gasteiger charge is -1.95. The smallest absolute Gasteiger partial charge is 0.158 e. The third-order valence-electron chi connectivity index (χ3n) is 2.10. The fraction of sp³-hybridized carbons (Fsp3) is 0.222. The van der Waals surface area contributed by atoms with Crippen LogP contribution >= 0.6 is 34.9 Å². The van der Waals surface area contributed by atoms with Gasteiger partial charge in [0.25, 0.3) is 0 Å².